The fourth-order valence-electron chi connectivity index (χ4n) is 1.34. The zero-order valence-electron chi connectivity index (χ0n) is 8.64. The highest BCUT2D eigenvalue weighted by molar-refractivity contribution is 9.10. The second-order valence-corrected chi connectivity index (χ2v) is 3.89. The lowest BCUT2D eigenvalue weighted by Crippen LogP contribution is -2.11. The molecule has 0 radical (unpaired) electrons. The lowest BCUT2D eigenvalue weighted by atomic mass is 10.3. The first-order chi connectivity index (χ1) is 7.72. The van der Waals surface area contributed by atoms with Crippen molar-refractivity contribution >= 4 is 27.6 Å². The summed E-state index contributed by atoms with van der Waals surface area (Å²) in [5.74, 6) is -0.509. The van der Waals surface area contributed by atoms with Gasteiger partial charge in [0.1, 0.15) is 0 Å². The van der Waals surface area contributed by atoms with E-state index >= 15 is 0 Å². The molecule has 1 aromatic heterocycles. The highest BCUT2D eigenvalue weighted by Crippen LogP contribution is 2.17. The Kier molecular flexibility index (Phi) is 3.35. The molecule has 2 heterocycles. The van der Waals surface area contributed by atoms with Crippen LogP contribution in [0.25, 0.3) is 5.70 Å². The molecular weight excluding hydrogens is 278 g/mol. The van der Waals surface area contributed by atoms with Gasteiger partial charge < -0.3 is 9.47 Å². The number of hydrogen-bond donors (Lipinski definition) is 0. The fraction of sp³-hybridized carbons (Fsp3) is 0.444. The average Bonchev–Trinajstić information content (AvgIpc) is 2.71. The maximum absolute atomic E-state index is 11.3. The first kappa shape index (κ1) is 11.3. The number of rotatable bonds is 2. The van der Waals surface area contributed by atoms with Crippen molar-refractivity contribution < 1.29 is 14.3 Å². The number of carbonyl (C=O) groups is 1. The van der Waals surface area contributed by atoms with E-state index in [0.717, 1.165) is 12.1 Å². The fourth-order valence-corrected chi connectivity index (χ4v) is 1.73. The summed E-state index contributed by atoms with van der Waals surface area (Å²) >= 11 is 3.17. The third-order valence-electron chi connectivity index (χ3n) is 2.15. The van der Waals surface area contributed by atoms with Gasteiger partial charge in [0.2, 0.25) is 5.69 Å². The average molecular weight is 288 g/mol. The first-order valence-corrected chi connectivity index (χ1v) is 5.50. The molecule has 0 atom stereocenters. The number of hydrogen-bond acceptors (Lipinski definition) is 5. The Morgan fingerprint density at radius 3 is 3.06 bits per heavy atom. The maximum Gasteiger partial charge on any atom is 0.361 e. The Labute approximate surface area is 100 Å². The van der Waals surface area contributed by atoms with E-state index in [0.29, 0.717) is 17.8 Å². The lowest BCUT2D eigenvalue weighted by molar-refractivity contribution is 0.0592. The summed E-state index contributed by atoms with van der Waals surface area (Å²) in [6, 6.07) is 0. The normalized spacial score (nSPS) is 15.8. The number of halogens is 1. The monoisotopic (exact) mass is 287 g/mol. The minimum Gasteiger partial charge on any atom is -0.464 e. The number of esters is 1. The SMILES string of the molecule is COC(=O)c1nn(C2=CCOCC2)nc1Br. The zero-order chi connectivity index (χ0) is 11.5. The molecule has 7 heteroatoms. The number of ether oxygens (including phenoxy) is 2. The van der Waals surface area contributed by atoms with Crippen LogP contribution in [-0.4, -0.2) is 41.3 Å². The van der Waals surface area contributed by atoms with Gasteiger partial charge in [0.15, 0.2) is 4.60 Å². The standard InChI is InChI=1S/C9H10BrN3O3/c1-15-9(14)7-8(10)12-13(11-7)6-2-4-16-5-3-6/h2H,3-5H2,1H3. The van der Waals surface area contributed by atoms with Gasteiger partial charge in [-0.15, -0.1) is 10.2 Å². The molecule has 0 fully saturated rings. The smallest absolute Gasteiger partial charge is 0.361 e. The van der Waals surface area contributed by atoms with E-state index < -0.39 is 5.97 Å². The van der Waals surface area contributed by atoms with E-state index in [1.165, 1.54) is 11.9 Å². The molecule has 1 aromatic rings. The van der Waals surface area contributed by atoms with Gasteiger partial charge in [0.05, 0.1) is 26.0 Å². The molecular formula is C9H10BrN3O3. The van der Waals surface area contributed by atoms with Crippen LogP contribution in [0.1, 0.15) is 16.9 Å². The summed E-state index contributed by atoms with van der Waals surface area (Å²) in [7, 11) is 1.31. The van der Waals surface area contributed by atoms with Crippen molar-refractivity contribution in [3.8, 4) is 0 Å². The van der Waals surface area contributed by atoms with E-state index in [2.05, 4.69) is 30.9 Å². The Balaban J connectivity index is 2.30. The summed E-state index contributed by atoms with van der Waals surface area (Å²) < 4.78 is 10.1. The van der Waals surface area contributed by atoms with Gasteiger partial charge >= 0.3 is 5.97 Å². The van der Waals surface area contributed by atoms with Crippen molar-refractivity contribution in [1.29, 1.82) is 0 Å². The van der Waals surface area contributed by atoms with Crippen LogP contribution in [0.15, 0.2) is 10.7 Å². The highest BCUT2D eigenvalue weighted by atomic mass is 79.9. The van der Waals surface area contributed by atoms with E-state index in [4.69, 9.17) is 4.74 Å². The van der Waals surface area contributed by atoms with Crippen LogP contribution in [0.3, 0.4) is 0 Å². The molecule has 1 aliphatic rings. The van der Waals surface area contributed by atoms with Crippen molar-refractivity contribution in [3.63, 3.8) is 0 Å². The lowest BCUT2D eigenvalue weighted by Gasteiger charge is -2.11. The van der Waals surface area contributed by atoms with Crippen molar-refractivity contribution in [2.75, 3.05) is 20.3 Å². The second kappa shape index (κ2) is 4.75. The summed E-state index contributed by atoms with van der Waals surface area (Å²) in [5.41, 5.74) is 1.09. The molecule has 1 aliphatic heterocycles. The molecule has 0 spiro atoms. The Hall–Kier alpha value is -1.21. The van der Waals surface area contributed by atoms with Crippen molar-refractivity contribution in [2.45, 2.75) is 6.42 Å². The third-order valence-corrected chi connectivity index (χ3v) is 2.68. The molecule has 0 aliphatic carbocycles. The molecule has 0 bridgehead atoms. The van der Waals surface area contributed by atoms with Gasteiger partial charge in [-0.25, -0.2) is 4.79 Å². The summed E-state index contributed by atoms with van der Waals surface area (Å²) in [6.07, 6.45) is 2.61. The van der Waals surface area contributed by atoms with Crippen molar-refractivity contribution in [1.82, 2.24) is 15.0 Å². The molecule has 0 saturated carbocycles. The quantitative estimate of drug-likeness (QED) is 0.762. The predicted octanol–water partition coefficient (Wildman–Crippen LogP) is 1.09. The van der Waals surface area contributed by atoms with Gasteiger partial charge in [0, 0.05) is 6.42 Å². The van der Waals surface area contributed by atoms with Crippen LogP contribution in [0.4, 0.5) is 0 Å². The first-order valence-electron chi connectivity index (χ1n) is 4.70. The maximum atomic E-state index is 11.3. The number of aromatic nitrogens is 3. The molecule has 0 saturated heterocycles. The van der Waals surface area contributed by atoms with E-state index in [-0.39, 0.29) is 5.69 Å². The van der Waals surface area contributed by atoms with Crippen LogP contribution in [0.5, 0.6) is 0 Å². The van der Waals surface area contributed by atoms with E-state index in [1.54, 1.807) is 0 Å². The van der Waals surface area contributed by atoms with Crippen LogP contribution in [0, 0.1) is 0 Å². The van der Waals surface area contributed by atoms with E-state index in [9.17, 15) is 4.79 Å². The predicted molar refractivity (Wildman–Crippen MR) is 58.8 cm³/mol. The van der Waals surface area contributed by atoms with Crippen molar-refractivity contribution in [2.24, 2.45) is 0 Å². The van der Waals surface area contributed by atoms with Crippen LogP contribution < -0.4 is 0 Å². The zero-order valence-corrected chi connectivity index (χ0v) is 10.2. The van der Waals surface area contributed by atoms with Crippen LogP contribution >= 0.6 is 15.9 Å². The van der Waals surface area contributed by atoms with Gasteiger partial charge in [-0.05, 0) is 22.0 Å². The molecule has 86 valence electrons. The van der Waals surface area contributed by atoms with E-state index in [1.807, 2.05) is 6.08 Å². The molecule has 16 heavy (non-hydrogen) atoms. The van der Waals surface area contributed by atoms with Gasteiger partial charge in [-0.3, -0.25) is 0 Å². The minimum atomic E-state index is -0.509. The number of nitrogens with zero attached hydrogens (tertiary/aromatic N) is 3. The van der Waals surface area contributed by atoms with Crippen molar-refractivity contribution in [3.05, 3.63) is 16.4 Å². The molecule has 0 unspecified atom stereocenters. The molecule has 6 nitrogen and oxygen atoms in total. The van der Waals surface area contributed by atoms with Gasteiger partial charge in [-0.1, -0.05) is 0 Å². The number of carbonyl (C=O) groups excluding carboxylic acids is 1. The molecule has 0 amide bonds. The van der Waals surface area contributed by atoms with Gasteiger partial charge in [0.25, 0.3) is 0 Å². The minimum absolute atomic E-state index is 0.176. The molecule has 2 rings (SSSR count). The van der Waals surface area contributed by atoms with Crippen LogP contribution in [-0.2, 0) is 9.47 Å². The largest absolute Gasteiger partial charge is 0.464 e. The Bertz CT molecular complexity index is 441. The summed E-state index contributed by atoms with van der Waals surface area (Å²) in [4.78, 5) is 12.7. The second-order valence-electron chi connectivity index (χ2n) is 3.14. The van der Waals surface area contributed by atoms with Gasteiger partial charge in [-0.2, -0.15) is 4.80 Å². The molecule has 0 N–H and O–H groups in total. The molecule has 0 aromatic carbocycles. The Morgan fingerprint density at radius 1 is 1.62 bits per heavy atom. The Morgan fingerprint density at radius 2 is 2.44 bits per heavy atom. The number of methoxy groups -OCH3 is 1. The summed E-state index contributed by atoms with van der Waals surface area (Å²) in [5, 5.41) is 8.17. The summed E-state index contributed by atoms with van der Waals surface area (Å²) in [6.45, 7) is 1.18. The topological polar surface area (TPSA) is 66.2 Å². The van der Waals surface area contributed by atoms with Crippen LogP contribution in [0.2, 0.25) is 0 Å². The third kappa shape index (κ3) is 2.14. The highest BCUT2D eigenvalue weighted by Gasteiger charge is 2.19.